The molecule has 0 aromatic heterocycles. The van der Waals surface area contributed by atoms with Crippen molar-refractivity contribution in [1.82, 2.24) is 0 Å². The predicted octanol–water partition coefficient (Wildman–Crippen LogP) is 1.72. The van der Waals surface area contributed by atoms with Gasteiger partial charge in [-0.2, -0.15) is 0 Å². The van der Waals surface area contributed by atoms with Crippen LogP contribution in [0.2, 0.25) is 0 Å². The van der Waals surface area contributed by atoms with E-state index in [-0.39, 0.29) is 24.9 Å². The molecule has 0 bridgehead atoms. The Bertz CT molecular complexity index is 507. The first kappa shape index (κ1) is 15.1. The Morgan fingerprint density at radius 1 is 1.05 bits per heavy atom. The average molecular weight is 272 g/mol. The zero-order valence-electron chi connectivity index (χ0n) is 12.6. The second-order valence-electron chi connectivity index (χ2n) is 5.99. The van der Waals surface area contributed by atoms with Gasteiger partial charge >= 0.3 is 7.12 Å². The van der Waals surface area contributed by atoms with Crippen molar-refractivity contribution in [2.75, 3.05) is 6.61 Å². The average Bonchev–Trinajstić information content (AvgIpc) is 2.60. The van der Waals surface area contributed by atoms with Gasteiger partial charge in [0.15, 0.2) is 0 Å². The molecule has 0 aliphatic carbocycles. The number of benzene rings is 1. The fraction of sp³-hybridized carbons (Fsp3) is 0.500. The number of rotatable bonds is 2. The standard InChI is InChI=1S/C16H21BO3/c1-15(2)16(3,4)20-17(19-15)14-10-8-13(9-11-14)7-5-6-12-18/h8-11,18H,6,12H2,1-4H3. The van der Waals surface area contributed by atoms with Crippen LogP contribution < -0.4 is 5.46 Å². The highest BCUT2D eigenvalue weighted by Crippen LogP contribution is 2.36. The smallest absolute Gasteiger partial charge is 0.399 e. The molecule has 1 aliphatic rings. The van der Waals surface area contributed by atoms with E-state index >= 15 is 0 Å². The second kappa shape index (κ2) is 5.61. The van der Waals surface area contributed by atoms with E-state index in [1.54, 1.807) is 0 Å². The number of hydrogen-bond acceptors (Lipinski definition) is 3. The van der Waals surface area contributed by atoms with Gasteiger partial charge in [0.25, 0.3) is 0 Å². The van der Waals surface area contributed by atoms with Gasteiger partial charge in [-0.1, -0.05) is 24.0 Å². The molecular weight excluding hydrogens is 251 g/mol. The minimum Gasteiger partial charge on any atom is -0.399 e. The first-order chi connectivity index (χ1) is 9.36. The third-order valence-electron chi connectivity index (χ3n) is 3.91. The van der Waals surface area contributed by atoms with Crippen LogP contribution in [0.1, 0.15) is 39.7 Å². The summed E-state index contributed by atoms with van der Waals surface area (Å²) in [5, 5.41) is 8.69. The summed E-state index contributed by atoms with van der Waals surface area (Å²) in [6, 6.07) is 7.85. The van der Waals surface area contributed by atoms with Crippen LogP contribution in [0.5, 0.6) is 0 Å². The fourth-order valence-corrected chi connectivity index (χ4v) is 1.92. The number of hydrogen-bond donors (Lipinski definition) is 1. The molecule has 1 heterocycles. The maximum Gasteiger partial charge on any atom is 0.494 e. The van der Waals surface area contributed by atoms with Crippen LogP contribution in [0.3, 0.4) is 0 Å². The lowest BCUT2D eigenvalue weighted by Crippen LogP contribution is -2.41. The maximum atomic E-state index is 8.69. The van der Waals surface area contributed by atoms with Crippen molar-refractivity contribution in [3.05, 3.63) is 29.8 Å². The summed E-state index contributed by atoms with van der Waals surface area (Å²) in [4.78, 5) is 0. The van der Waals surface area contributed by atoms with E-state index in [1.807, 2.05) is 52.0 Å². The van der Waals surface area contributed by atoms with E-state index in [2.05, 4.69) is 11.8 Å². The lowest BCUT2D eigenvalue weighted by atomic mass is 9.79. The summed E-state index contributed by atoms with van der Waals surface area (Å²) < 4.78 is 12.0. The monoisotopic (exact) mass is 272 g/mol. The van der Waals surface area contributed by atoms with Crippen molar-refractivity contribution in [2.45, 2.75) is 45.3 Å². The van der Waals surface area contributed by atoms with Crippen LogP contribution >= 0.6 is 0 Å². The third-order valence-corrected chi connectivity index (χ3v) is 3.91. The van der Waals surface area contributed by atoms with E-state index in [4.69, 9.17) is 14.4 Å². The van der Waals surface area contributed by atoms with Crippen LogP contribution in [-0.2, 0) is 9.31 Å². The third kappa shape index (κ3) is 3.07. The van der Waals surface area contributed by atoms with Gasteiger partial charge < -0.3 is 14.4 Å². The zero-order valence-corrected chi connectivity index (χ0v) is 12.6. The Morgan fingerprint density at radius 2 is 1.60 bits per heavy atom. The fourth-order valence-electron chi connectivity index (χ4n) is 1.92. The molecule has 0 atom stereocenters. The van der Waals surface area contributed by atoms with E-state index in [9.17, 15) is 0 Å². The molecule has 0 amide bonds. The molecule has 0 spiro atoms. The largest absolute Gasteiger partial charge is 0.494 e. The SMILES string of the molecule is CC1(C)OB(c2ccc(C#CCCO)cc2)OC1(C)C. The predicted molar refractivity (Wildman–Crippen MR) is 80.7 cm³/mol. The Kier molecular flexibility index (Phi) is 4.24. The van der Waals surface area contributed by atoms with Gasteiger partial charge in [-0.05, 0) is 45.3 Å². The molecule has 106 valence electrons. The molecule has 20 heavy (non-hydrogen) atoms. The summed E-state index contributed by atoms with van der Waals surface area (Å²) in [7, 11) is -0.334. The lowest BCUT2D eigenvalue weighted by molar-refractivity contribution is 0.00578. The molecule has 1 aromatic rings. The summed E-state index contributed by atoms with van der Waals surface area (Å²) in [6.07, 6.45) is 0.499. The molecule has 1 aromatic carbocycles. The van der Waals surface area contributed by atoms with Crippen molar-refractivity contribution in [1.29, 1.82) is 0 Å². The van der Waals surface area contributed by atoms with Gasteiger partial charge in [-0.15, -0.1) is 0 Å². The highest BCUT2D eigenvalue weighted by atomic mass is 16.7. The van der Waals surface area contributed by atoms with Gasteiger partial charge in [0.05, 0.1) is 17.8 Å². The van der Waals surface area contributed by atoms with Crippen molar-refractivity contribution < 1.29 is 14.4 Å². The highest BCUT2D eigenvalue weighted by molar-refractivity contribution is 6.62. The second-order valence-corrected chi connectivity index (χ2v) is 5.99. The van der Waals surface area contributed by atoms with E-state index in [1.165, 1.54) is 0 Å². The molecule has 0 saturated carbocycles. The molecule has 2 rings (SSSR count). The topological polar surface area (TPSA) is 38.7 Å². The van der Waals surface area contributed by atoms with Crippen molar-refractivity contribution in [3.63, 3.8) is 0 Å². The molecular formula is C16H21BO3. The Balaban J connectivity index is 2.11. The van der Waals surface area contributed by atoms with Gasteiger partial charge in [0.2, 0.25) is 0 Å². The number of aliphatic hydroxyl groups is 1. The van der Waals surface area contributed by atoms with E-state index in [0.29, 0.717) is 6.42 Å². The van der Waals surface area contributed by atoms with Gasteiger partial charge in [-0.25, -0.2) is 0 Å². The van der Waals surface area contributed by atoms with Gasteiger partial charge in [0, 0.05) is 12.0 Å². The number of aliphatic hydroxyl groups excluding tert-OH is 1. The van der Waals surface area contributed by atoms with Crippen LogP contribution in [-0.4, -0.2) is 30.0 Å². The van der Waals surface area contributed by atoms with Gasteiger partial charge in [0.1, 0.15) is 0 Å². The van der Waals surface area contributed by atoms with E-state index < -0.39 is 0 Å². The summed E-state index contributed by atoms with van der Waals surface area (Å²) in [5.74, 6) is 5.91. The zero-order chi connectivity index (χ0) is 14.8. The van der Waals surface area contributed by atoms with Crippen molar-refractivity contribution >= 4 is 12.6 Å². The lowest BCUT2D eigenvalue weighted by Gasteiger charge is -2.32. The summed E-state index contributed by atoms with van der Waals surface area (Å²) in [5.41, 5.74) is 1.28. The first-order valence-electron chi connectivity index (χ1n) is 6.91. The van der Waals surface area contributed by atoms with Crippen LogP contribution in [0.4, 0.5) is 0 Å². The first-order valence-corrected chi connectivity index (χ1v) is 6.91. The van der Waals surface area contributed by atoms with E-state index in [0.717, 1.165) is 11.0 Å². The molecule has 3 nitrogen and oxygen atoms in total. The van der Waals surface area contributed by atoms with Crippen LogP contribution in [0.25, 0.3) is 0 Å². The summed E-state index contributed by atoms with van der Waals surface area (Å²) in [6.45, 7) is 8.27. The Morgan fingerprint density at radius 3 is 2.10 bits per heavy atom. The molecule has 1 fully saturated rings. The van der Waals surface area contributed by atoms with Crippen molar-refractivity contribution in [2.24, 2.45) is 0 Å². The minimum atomic E-state index is -0.334. The Hall–Kier alpha value is -1.28. The molecule has 0 radical (unpaired) electrons. The molecule has 1 N–H and O–H groups in total. The maximum absolute atomic E-state index is 8.69. The van der Waals surface area contributed by atoms with Crippen molar-refractivity contribution in [3.8, 4) is 11.8 Å². The highest BCUT2D eigenvalue weighted by Gasteiger charge is 2.51. The molecule has 0 unspecified atom stereocenters. The Labute approximate surface area is 121 Å². The summed E-state index contributed by atoms with van der Waals surface area (Å²) >= 11 is 0. The van der Waals surface area contributed by atoms with Crippen LogP contribution in [0.15, 0.2) is 24.3 Å². The minimum absolute atomic E-state index is 0.0962. The molecule has 1 saturated heterocycles. The van der Waals surface area contributed by atoms with Crippen LogP contribution in [0, 0.1) is 11.8 Å². The normalized spacial score (nSPS) is 19.6. The molecule has 1 aliphatic heterocycles. The molecule has 4 heteroatoms. The van der Waals surface area contributed by atoms with Gasteiger partial charge in [-0.3, -0.25) is 0 Å². The quantitative estimate of drug-likeness (QED) is 0.658.